The van der Waals surface area contributed by atoms with Gasteiger partial charge in [0.1, 0.15) is 0 Å². The molecule has 2 heterocycles. The second-order valence-electron chi connectivity index (χ2n) is 5.33. The zero-order valence-electron chi connectivity index (χ0n) is 11.1. The first-order chi connectivity index (χ1) is 8.12. The van der Waals surface area contributed by atoms with Crippen LogP contribution in [-0.4, -0.2) is 34.8 Å². The number of nitrogens with zero attached hydrogens (tertiary/aromatic N) is 2. The molecule has 0 aromatic carbocycles. The summed E-state index contributed by atoms with van der Waals surface area (Å²) in [5, 5.41) is 3.40. The van der Waals surface area contributed by atoms with Crippen molar-refractivity contribution in [2.45, 2.75) is 45.3 Å². The van der Waals surface area contributed by atoms with Gasteiger partial charge in [0.25, 0.3) is 0 Å². The molecular weight excluding hydrogens is 214 g/mol. The summed E-state index contributed by atoms with van der Waals surface area (Å²) >= 11 is 0. The van der Waals surface area contributed by atoms with E-state index < -0.39 is 0 Å². The maximum absolute atomic E-state index is 5.76. The number of hydrogen-bond donors (Lipinski definition) is 1. The summed E-state index contributed by atoms with van der Waals surface area (Å²) in [5.41, 5.74) is 1.21. The summed E-state index contributed by atoms with van der Waals surface area (Å²) in [4.78, 5) is 4.29. The Morgan fingerprint density at radius 2 is 2.41 bits per heavy atom. The first kappa shape index (κ1) is 12.6. The Morgan fingerprint density at radius 1 is 1.59 bits per heavy atom. The van der Waals surface area contributed by atoms with Crippen molar-refractivity contribution in [1.82, 2.24) is 14.9 Å². The number of nitrogens with one attached hydrogen (secondary N) is 1. The van der Waals surface area contributed by atoms with Crippen LogP contribution in [0.3, 0.4) is 0 Å². The minimum absolute atomic E-state index is 0.129. The van der Waals surface area contributed by atoms with Gasteiger partial charge in [0.05, 0.1) is 18.5 Å². The molecule has 0 spiro atoms. The Bertz CT molecular complexity index is 353. The third kappa shape index (κ3) is 3.07. The molecule has 1 atom stereocenters. The van der Waals surface area contributed by atoms with Gasteiger partial charge in [-0.25, -0.2) is 4.98 Å². The van der Waals surface area contributed by atoms with Crippen molar-refractivity contribution in [2.24, 2.45) is 0 Å². The number of ether oxygens (including phenoxy) is 1. The van der Waals surface area contributed by atoms with Gasteiger partial charge in [0, 0.05) is 31.0 Å². The Labute approximate surface area is 103 Å². The third-order valence-electron chi connectivity index (χ3n) is 3.31. The molecule has 1 aliphatic heterocycles. The van der Waals surface area contributed by atoms with Crippen molar-refractivity contribution in [1.29, 1.82) is 0 Å². The molecule has 1 N–H and O–H groups in total. The maximum atomic E-state index is 5.76. The lowest BCUT2D eigenvalue weighted by atomic mass is 10.0. The fourth-order valence-electron chi connectivity index (χ4n) is 2.56. The topological polar surface area (TPSA) is 39.1 Å². The predicted molar refractivity (Wildman–Crippen MR) is 68.2 cm³/mol. The second kappa shape index (κ2) is 5.19. The Hall–Kier alpha value is -0.870. The summed E-state index contributed by atoms with van der Waals surface area (Å²) in [6.07, 6.45) is 5.13. The van der Waals surface area contributed by atoms with E-state index in [2.05, 4.69) is 28.7 Å². The van der Waals surface area contributed by atoms with Gasteiger partial charge in [-0.05, 0) is 33.7 Å². The molecule has 0 amide bonds. The molecular formula is C13H23N3O. The summed E-state index contributed by atoms with van der Waals surface area (Å²) in [5.74, 6) is 0.606. The largest absolute Gasteiger partial charge is 0.374 e. The quantitative estimate of drug-likeness (QED) is 0.848. The van der Waals surface area contributed by atoms with Crippen LogP contribution in [0.4, 0.5) is 0 Å². The molecule has 17 heavy (non-hydrogen) atoms. The number of rotatable bonds is 5. The highest BCUT2D eigenvalue weighted by molar-refractivity contribution is 5.09. The van der Waals surface area contributed by atoms with Crippen LogP contribution in [0.15, 0.2) is 12.5 Å². The fourth-order valence-corrected chi connectivity index (χ4v) is 2.56. The van der Waals surface area contributed by atoms with Gasteiger partial charge in [0.2, 0.25) is 0 Å². The lowest BCUT2D eigenvalue weighted by molar-refractivity contribution is -0.0229. The van der Waals surface area contributed by atoms with Crippen molar-refractivity contribution in [3.63, 3.8) is 0 Å². The second-order valence-corrected chi connectivity index (χ2v) is 5.33. The number of hydrogen-bond acceptors (Lipinski definition) is 3. The average molecular weight is 237 g/mol. The highest BCUT2D eigenvalue weighted by Gasteiger charge is 2.24. The Morgan fingerprint density at radius 3 is 3.06 bits per heavy atom. The number of aromatic nitrogens is 2. The van der Waals surface area contributed by atoms with E-state index in [1.807, 2.05) is 19.4 Å². The SMILES string of the molecule is CCOC(C)(C)Cn1cncc1C1CCNC1. The lowest BCUT2D eigenvalue weighted by Gasteiger charge is -2.26. The predicted octanol–water partition coefficient (Wildman–Crippen LogP) is 1.78. The molecule has 0 radical (unpaired) electrons. The van der Waals surface area contributed by atoms with E-state index in [0.29, 0.717) is 5.92 Å². The van der Waals surface area contributed by atoms with Crippen LogP contribution in [0, 0.1) is 0 Å². The average Bonchev–Trinajstić information content (AvgIpc) is 2.85. The molecule has 4 heteroatoms. The summed E-state index contributed by atoms with van der Waals surface area (Å²) in [6, 6.07) is 0. The van der Waals surface area contributed by atoms with E-state index in [-0.39, 0.29) is 5.60 Å². The smallest absolute Gasteiger partial charge is 0.0949 e. The fraction of sp³-hybridized carbons (Fsp3) is 0.769. The zero-order chi connectivity index (χ0) is 12.3. The zero-order valence-corrected chi connectivity index (χ0v) is 11.1. The minimum Gasteiger partial charge on any atom is -0.374 e. The van der Waals surface area contributed by atoms with Crippen molar-refractivity contribution < 1.29 is 4.74 Å². The van der Waals surface area contributed by atoms with Gasteiger partial charge in [-0.2, -0.15) is 0 Å². The van der Waals surface area contributed by atoms with E-state index in [0.717, 1.165) is 26.2 Å². The Kier molecular flexibility index (Phi) is 3.84. The highest BCUT2D eigenvalue weighted by Crippen LogP contribution is 2.24. The van der Waals surface area contributed by atoms with E-state index in [9.17, 15) is 0 Å². The van der Waals surface area contributed by atoms with Gasteiger partial charge in [-0.15, -0.1) is 0 Å². The van der Waals surface area contributed by atoms with Crippen LogP contribution in [0.25, 0.3) is 0 Å². The standard InChI is InChI=1S/C13H23N3O/c1-4-17-13(2,3)9-16-10-15-8-12(16)11-5-6-14-7-11/h8,10-11,14H,4-7,9H2,1-3H3. The lowest BCUT2D eigenvalue weighted by Crippen LogP contribution is -2.31. The van der Waals surface area contributed by atoms with Gasteiger partial charge >= 0.3 is 0 Å². The van der Waals surface area contributed by atoms with E-state index >= 15 is 0 Å². The summed E-state index contributed by atoms with van der Waals surface area (Å²) in [7, 11) is 0. The molecule has 1 aromatic heterocycles. The molecule has 1 unspecified atom stereocenters. The first-order valence-corrected chi connectivity index (χ1v) is 6.47. The van der Waals surface area contributed by atoms with Gasteiger partial charge in [-0.1, -0.05) is 0 Å². The third-order valence-corrected chi connectivity index (χ3v) is 3.31. The van der Waals surface area contributed by atoms with Gasteiger partial charge in [0.15, 0.2) is 0 Å². The van der Waals surface area contributed by atoms with Crippen LogP contribution in [0.2, 0.25) is 0 Å². The summed E-state index contributed by atoms with van der Waals surface area (Å²) < 4.78 is 8.00. The van der Waals surface area contributed by atoms with Crippen molar-refractivity contribution >= 4 is 0 Å². The maximum Gasteiger partial charge on any atom is 0.0949 e. The molecule has 0 aliphatic carbocycles. The van der Waals surface area contributed by atoms with E-state index in [1.54, 1.807) is 0 Å². The highest BCUT2D eigenvalue weighted by atomic mass is 16.5. The van der Waals surface area contributed by atoms with E-state index in [1.165, 1.54) is 12.1 Å². The Balaban J connectivity index is 2.08. The monoisotopic (exact) mass is 237 g/mol. The molecule has 0 bridgehead atoms. The first-order valence-electron chi connectivity index (χ1n) is 6.47. The molecule has 2 rings (SSSR count). The number of imidazole rings is 1. The molecule has 96 valence electrons. The van der Waals surface area contributed by atoms with E-state index in [4.69, 9.17) is 4.74 Å². The van der Waals surface area contributed by atoms with Crippen molar-refractivity contribution in [3.8, 4) is 0 Å². The van der Waals surface area contributed by atoms with Crippen LogP contribution < -0.4 is 5.32 Å². The molecule has 1 fully saturated rings. The molecule has 1 aliphatic rings. The van der Waals surface area contributed by atoms with Gasteiger partial charge < -0.3 is 14.6 Å². The van der Waals surface area contributed by atoms with Crippen molar-refractivity contribution in [3.05, 3.63) is 18.2 Å². The van der Waals surface area contributed by atoms with Crippen LogP contribution in [0.5, 0.6) is 0 Å². The van der Waals surface area contributed by atoms with Crippen molar-refractivity contribution in [2.75, 3.05) is 19.7 Å². The van der Waals surface area contributed by atoms with Gasteiger partial charge in [-0.3, -0.25) is 0 Å². The van der Waals surface area contributed by atoms with Crippen LogP contribution in [-0.2, 0) is 11.3 Å². The molecule has 1 aromatic rings. The molecule has 4 nitrogen and oxygen atoms in total. The molecule has 0 saturated carbocycles. The normalized spacial score (nSPS) is 21.0. The summed E-state index contributed by atoms with van der Waals surface area (Å²) in [6.45, 7) is 10.1. The van der Waals surface area contributed by atoms with Crippen LogP contribution >= 0.6 is 0 Å². The minimum atomic E-state index is -0.129. The molecule has 1 saturated heterocycles. The van der Waals surface area contributed by atoms with Crippen LogP contribution in [0.1, 0.15) is 38.8 Å².